The minimum Gasteiger partial charge on any atom is -0.463 e. The van der Waals surface area contributed by atoms with E-state index < -0.39 is 17.5 Å². The molecule has 1 aliphatic heterocycles. The van der Waals surface area contributed by atoms with Crippen LogP contribution in [-0.4, -0.2) is 24.6 Å². The van der Waals surface area contributed by atoms with Gasteiger partial charge in [0, 0.05) is 6.42 Å². The van der Waals surface area contributed by atoms with Gasteiger partial charge in [-0.3, -0.25) is 4.79 Å². The molecule has 0 bridgehead atoms. The molecule has 0 N–H and O–H groups in total. The van der Waals surface area contributed by atoms with Crippen LogP contribution in [0.5, 0.6) is 0 Å². The summed E-state index contributed by atoms with van der Waals surface area (Å²) >= 11 is 0. The molecule has 22 heavy (non-hydrogen) atoms. The predicted octanol–water partition coefficient (Wildman–Crippen LogP) is 4.11. The standard InChI is InChI=1S/C18H32O4/c1-8-10-17(5,6)12-18(7,16(2,3)4)15(20)22-13-9-11-21-14(13)19/h13H,8-12H2,1-7H3. The van der Waals surface area contributed by atoms with Gasteiger partial charge in [0.05, 0.1) is 12.0 Å². The zero-order chi connectivity index (χ0) is 17.2. The van der Waals surface area contributed by atoms with Crippen molar-refractivity contribution in [1.29, 1.82) is 0 Å². The minimum absolute atomic E-state index is 0.0476. The van der Waals surface area contributed by atoms with Crippen molar-refractivity contribution in [2.24, 2.45) is 16.2 Å². The Labute approximate surface area is 134 Å². The van der Waals surface area contributed by atoms with Crippen LogP contribution in [-0.2, 0) is 19.1 Å². The fourth-order valence-electron chi connectivity index (χ4n) is 3.21. The first-order chi connectivity index (χ1) is 9.93. The van der Waals surface area contributed by atoms with Crippen LogP contribution in [0.2, 0.25) is 0 Å². The molecule has 2 unspecified atom stereocenters. The quantitative estimate of drug-likeness (QED) is 0.692. The molecule has 0 amide bonds. The van der Waals surface area contributed by atoms with Crippen LogP contribution in [0.25, 0.3) is 0 Å². The molecule has 0 aromatic heterocycles. The second-order valence-corrected chi connectivity index (χ2v) is 8.52. The van der Waals surface area contributed by atoms with Gasteiger partial charge in [0.15, 0.2) is 0 Å². The second-order valence-electron chi connectivity index (χ2n) is 8.52. The number of rotatable bonds is 6. The lowest BCUT2D eigenvalue weighted by atomic mass is 9.60. The Hall–Kier alpha value is -1.06. The lowest BCUT2D eigenvalue weighted by molar-refractivity contribution is -0.175. The summed E-state index contributed by atoms with van der Waals surface area (Å²) < 4.78 is 10.4. The van der Waals surface area contributed by atoms with Gasteiger partial charge in [-0.15, -0.1) is 0 Å². The Morgan fingerprint density at radius 1 is 1.23 bits per heavy atom. The molecule has 1 rings (SSSR count). The molecule has 0 saturated carbocycles. The fraction of sp³-hybridized carbons (Fsp3) is 0.889. The van der Waals surface area contributed by atoms with Crippen molar-refractivity contribution in [3.8, 4) is 0 Å². The summed E-state index contributed by atoms with van der Waals surface area (Å²) in [6.07, 6.45) is 2.60. The van der Waals surface area contributed by atoms with Gasteiger partial charge in [-0.2, -0.15) is 0 Å². The largest absolute Gasteiger partial charge is 0.463 e. The smallest absolute Gasteiger partial charge is 0.347 e. The van der Waals surface area contributed by atoms with Crippen molar-refractivity contribution in [3.63, 3.8) is 0 Å². The molecule has 128 valence electrons. The van der Waals surface area contributed by atoms with E-state index in [0.717, 1.165) is 19.3 Å². The van der Waals surface area contributed by atoms with Crippen molar-refractivity contribution in [2.75, 3.05) is 6.61 Å². The molecule has 2 atom stereocenters. The van der Waals surface area contributed by atoms with E-state index >= 15 is 0 Å². The van der Waals surface area contributed by atoms with Crippen LogP contribution in [0.1, 0.15) is 74.1 Å². The molecule has 1 saturated heterocycles. The van der Waals surface area contributed by atoms with Crippen LogP contribution >= 0.6 is 0 Å². The summed E-state index contributed by atoms with van der Waals surface area (Å²) in [6.45, 7) is 15.0. The molecular weight excluding hydrogens is 280 g/mol. The first kappa shape index (κ1) is 19.0. The van der Waals surface area contributed by atoms with Crippen LogP contribution in [0.4, 0.5) is 0 Å². The normalized spacial score (nSPS) is 22.1. The van der Waals surface area contributed by atoms with Crippen molar-refractivity contribution >= 4 is 11.9 Å². The Kier molecular flexibility index (Phi) is 5.69. The van der Waals surface area contributed by atoms with Gasteiger partial charge in [-0.25, -0.2) is 4.79 Å². The Morgan fingerprint density at radius 2 is 1.82 bits per heavy atom. The van der Waals surface area contributed by atoms with Crippen LogP contribution in [0.3, 0.4) is 0 Å². The van der Waals surface area contributed by atoms with Crippen LogP contribution < -0.4 is 0 Å². The lowest BCUT2D eigenvalue weighted by Crippen LogP contribution is -2.46. The van der Waals surface area contributed by atoms with Crippen LogP contribution in [0.15, 0.2) is 0 Å². The Morgan fingerprint density at radius 3 is 2.23 bits per heavy atom. The third-order valence-corrected chi connectivity index (χ3v) is 5.00. The monoisotopic (exact) mass is 312 g/mol. The van der Waals surface area contributed by atoms with Gasteiger partial charge in [0.2, 0.25) is 6.10 Å². The average molecular weight is 312 g/mol. The number of carbonyl (C=O) groups excluding carboxylic acids is 2. The summed E-state index contributed by atoms with van der Waals surface area (Å²) in [6, 6.07) is 0. The molecular formula is C18H32O4. The number of esters is 2. The molecule has 0 aromatic carbocycles. The Balaban J connectivity index is 2.96. The summed E-state index contributed by atoms with van der Waals surface area (Å²) in [5, 5.41) is 0. The highest BCUT2D eigenvalue weighted by molar-refractivity contribution is 5.83. The van der Waals surface area contributed by atoms with E-state index in [-0.39, 0.29) is 16.8 Å². The van der Waals surface area contributed by atoms with Gasteiger partial charge >= 0.3 is 11.9 Å². The van der Waals surface area contributed by atoms with Crippen LogP contribution in [0, 0.1) is 16.2 Å². The zero-order valence-electron chi connectivity index (χ0n) is 15.2. The molecule has 1 heterocycles. The van der Waals surface area contributed by atoms with E-state index in [1.807, 2.05) is 6.92 Å². The first-order valence-electron chi connectivity index (χ1n) is 8.31. The summed E-state index contributed by atoms with van der Waals surface area (Å²) in [4.78, 5) is 24.4. The molecule has 0 radical (unpaired) electrons. The molecule has 0 aliphatic carbocycles. The molecule has 0 spiro atoms. The molecule has 0 aromatic rings. The van der Waals surface area contributed by atoms with E-state index in [9.17, 15) is 9.59 Å². The van der Waals surface area contributed by atoms with Gasteiger partial charge in [-0.05, 0) is 30.6 Å². The first-order valence-corrected chi connectivity index (χ1v) is 8.31. The molecule has 4 nitrogen and oxygen atoms in total. The van der Waals surface area contributed by atoms with E-state index in [1.165, 1.54) is 0 Å². The highest BCUT2D eigenvalue weighted by atomic mass is 16.6. The maximum atomic E-state index is 12.9. The average Bonchev–Trinajstić information content (AvgIpc) is 2.72. The third kappa shape index (κ3) is 4.23. The summed E-state index contributed by atoms with van der Waals surface area (Å²) in [7, 11) is 0. The van der Waals surface area contributed by atoms with Gasteiger partial charge in [-0.1, -0.05) is 48.0 Å². The minimum atomic E-state index is -0.733. The van der Waals surface area contributed by atoms with E-state index in [2.05, 4.69) is 41.5 Å². The molecule has 4 heteroatoms. The summed E-state index contributed by atoms with van der Waals surface area (Å²) in [5.41, 5.74) is -0.849. The van der Waals surface area contributed by atoms with E-state index in [0.29, 0.717) is 13.0 Å². The topological polar surface area (TPSA) is 52.6 Å². The number of hydrogen-bond donors (Lipinski definition) is 0. The summed E-state index contributed by atoms with van der Waals surface area (Å²) in [5.74, 6) is -0.703. The predicted molar refractivity (Wildman–Crippen MR) is 86.3 cm³/mol. The van der Waals surface area contributed by atoms with Crippen molar-refractivity contribution in [1.82, 2.24) is 0 Å². The van der Waals surface area contributed by atoms with Crippen molar-refractivity contribution in [3.05, 3.63) is 0 Å². The number of hydrogen-bond acceptors (Lipinski definition) is 4. The van der Waals surface area contributed by atoms with E-state index in [1.54, 1.807) is 0 Å². The van der Waals surface area contributed by atoms with Crippen molar-refractivity contribution in [2.45, 2.75) is 80.3 Å². The second kappa shape index (κ2) is 6.59. The zero-order valence-corrected chi connectivity index (χ0v) is 15.2. The fourth-order valence-corrected chi connectivity index (χ4v) is 3.21. The van der Waals surface area contributed by atoms with Gasteiger partial charge in [0.25, 0.3) is 0 Å². The van der Waals surface area contributed by atoms with Crippen molar-refractivity contribution < 1.29 is 19.1 Å². The van der Waals surface area contributed by atoms with Gasteiger partial charge < -0.3 is 9.47 Å². The maximum absolute atomic E-state index is 12.9. The maximum Gasteiger partial charge on any atom is 0.347 e. The highest BCUT2D eigenvalue weighted by Gasteiger charge is 2.49. The number of ether oxygens (including phenoxy) is 2. The third-order valence-electron chi connectivity index (χ3n) is 5.00. The highest BCUT2D eigenvalue weighted by Crippen LogP contribution is 2.49. The van der Waals surface area contributed by atoms with E-state index in [4.69, 9.17) is 9.47 Å². The number of carbonyl (C=O) groups is 2. The molecule has 1 aliphatic rings. The SMILES string of the molecule is CCCC(C)(C)CC(C)(C(=O)OC1CCOC1=O)C(C)(C)C. The molecule has 1 fully saturated rings. The Bertz CT molecular complexity index is 419. The van der Waals surface area contributed by atoms with Gasteiger partial charge in [0.1, 0.15) is 0 Å². The number of cyclic esters (lactones) is 1. The lowest BCUT2D eigenvalue weighted by Gasteiger charge is -2.44.